The third-order valence-electron chi connectivity index (χ3n) is 17.1. The molecule has 0 amide bonds. The lowest BCUT2D eigenvalue weighted by atomic mass is 10.1. The van der Waals surface area contributed by atoms with Crippen LogP contribution in [-0.4, -0.2) is 96.7 Å². The van der Waals surface area contributed by atoms with Gasteiger partial charge in [0.15, 0.2) is 12.2 Å². The molecular formula is C81H146O17P2. The molecule has 5 atom stereocenters. The number of phosphoric acid groups is 2. The SMILES string of the molecule is CCCCC/C=C\C/C=C\CCCCCCCC(=O)OC[C@H](COP(=O)(O)OC[C@H](O)COP(=O)(O)OC[C@@H](COC(=O)CCCCCCC/C=C\CCCCCCCC)OC(=O)CCCCCCC/C=C\C=C/CCCCCC)OC(=O)CCCCCCC/C=C\CCCCCCCC. The Morgan fingerprint density at radius 1 is 0.290 bits per heavy atom. The minimum absolute atomic E-state index is 0.0782. The molecule has 17 nitrogen and oxygen atoms in total. The quantitative estimate of drug-likeness (QED) is 0.0128. The fourth-order valence-corrected chi connectivity index (χ4v) is 12.5. The molecule has 0 radical (unpaired) electrons. The molecule has 0 heterocycles. The monoisotopic (exact) mass is 1450 g/mol. The molecule has 0 aromatic carbocycles. The zero-order valence-corrected chi connectivity index (χ0v) is 65.4. The number of esters is 4. The molecule has 0 saturated carbocycles. The summed E-state index contributed by atoms with van der Waals surface area (Å²) in [6.45, 7) is 4.82. The van der Waals surface area contributed by atoms with Crippen molar-refractivity contribution in [3.05, 3.63) is 72.9 Å². The number of allylic oxidation sites excluding steroid dienone is 12. The average molecular weight is 1450 g/mol. The number of hydrogen-bond acceptors (Lipinski definition) is 15. The van der Waals surface area contributed by atoms with Crippen LogP contribution in [0.15, 0.2) is 72.9 Å². The van der Waals surface area contributed by atoms with Crippen LogP contribution >= 0.6 is 15.6 Å². The zero-order chi connectivity index (χ0) is 73.2. The van der Waals surface area contributed by atoms with Gasteiger partial charge in [-0.25, -0.2) is 9.13 Å². The number of unbranched alkanes of at least 4 members (excludes halogenated alkanes) is 39. The molecule has 2 unspecified atom stereocenters. The molecule has 0 aromatic heterocycles. The number of hydrogen-bond donors (Lipinski definition) is 3. The highest BCUT2D eigenvalue weighted by Crippen LogP contribution is 2.45. The van der Waals surface area contributed by atoms with Crippen molar-refractivity contribution < 1.29 is 80.2 Å². The lowest BCUT2D eigenvalue weighted by molar-refractivity contribution is -0.161. The summed E-state index contributed by atoms with van der Waals surface area (Å²) in [6, 6.07) is 0. The topological polar surface area (TPSA) is 237 Å². The molecule has 100 heavy (non-hydrogen) atoms. The van der Waals surface area contributed by atoms with Gasteiger partial charge in [-0.2, -0.15) is 0 Å². The molecule has 0 aliphatic carbocycles. The Bertz CT molecular complexity index is 2180. The molecule has 0 spiro atoms. The third-order valence-corrected chi connectivity index (χ3v) is 19.0. The number of rotatable bonds is 76. The first-order valence-corrected chi connectivity index (χ1v) is 43.2. The number of aliphatic hydroxyl groups is 1. The summed E-state index contributed by atoms with van der Waals surface area (Å²) in [5.74, 6) is -2.20. The van der Waals surface area contributed by atoms with Gasteiger partial charge in [0, 0.05) is 25.7 Å². The van der Waals surface area contributed by atoms with Crippen LogP contribution in [0.2, 0.25) is 0 Å². The van der Waals surface area contributed by atoms with Crippen LogP contribution in [0.25, 0.3) is 0 Å². The first-order valence-electron chi connectivity index (χ1n) is 40.2. The van der Waals surface area contributed by atoms with Gasteiger partial charge in [-0.05, 0) is 135 Å². The van der Waals surface area contributed by atoms with Gasteiger partial charge in [0.05, 0.1) is 26.4 Å². The minimum atomic E-state index is -4.98. The summed E-state index contributed by atoms with van der Waals surface area (Å²) < 4.78 is 68.6. The Labute approximate surface area is 609 Å². The molecule has 0 saturated heterocycles. The van der Waals surface area contributed by atoms with Crippen LogP contribution < -0.4 is 0 Å². The van der Waals surface area contributed by atoms with Gasteiger partial charge in [-0.3, -0.25) is 37.3 Å². The van der Waals surface area contributed by atoms with E-state index >= 15 is 0 Å². The summed E-state index contributed by atoms with van der Waals surface area (Å²) in [7, 11) is -9.96. The molecule has 0 aromatic rings. The second-order valence-electron chi connectivity index (χ2n) is 27.0. The van der Waals surface area contributed by atoms with Crippen LogP contribution in [0.3, 0.4) is 0 Å². The smallest absolute Gasteiger partial charge is 0.462 e. The van der Waals surface area contributed by atoms with Gasteiger partial charge in [0.25, 0.3) is 0 Å². The lowest BCUT2D eigenvalue weighted by Gasteiger charge is -2.21. The number of aliphatic hydroxyl groups excluding tert-OH is 1. The Hall–Kier alpha value is -3.50. The summed E-state index contributed by atoms with van der Waals surface area (Å²) in [5.41, 5.74) is 0. The first-order chi connectivity index (χ1) is 48.7. The number of phosphoric ester groups is 2. The molecule has 0 bridgehead atoms. The second kappa shape index (κ2) is 73.8. The van der Waals surface area contributed by atoms with Gasteiger partial charge >= 0.3 is 39.5 Å². The van der Waals surface area contributed by atoms with E-state index in [2.05, 4.69) is 101 Å². The maximum Gasteiger partial charge on any atom is 0.472 e. The van der Waals surface area contributed by atoms with E-state index in [0.717, 1.165) is 161 Å². The van der Waals surface area contributed by atoms with Crippen LogP contribution in [0.1, 0.15) is 362 Å². The molecule has 0 aliphatic rings. The van der Waals surface area contributed by atoms with Crippen molar-refractivity contribution in [1.29, 1.82) is 0 Å². The molecular weight excluding hydrogens is 1310 g/mol. The summed E-state index contributed by atoms with van der Waals surface area (Å²) in [6.07, 6.45) is 74.4. The highest BCUT2D eigenvalue weighted by atomic mass is 31.2. The van der Waals surface area contributed by atoms with Crippen molar-refractivity contribution in [2.45, 2.75) is 380 Å². The van der Waals surface area contributed by atoms with Gasteiger partial charge in [-0.1, -0.05) is 274 Å². The standard InChI is InChI=1S/C81H146O17P2/c1-5-9-13-17-21-25-29-33-37-41-45-49-53-57-61-65-78(83)91-71-76(97-80(85)67-63-59-55-51-47-43-39-35-31-27-23-19-15-11-7-3)73-95-99(87,88)93-69-75(82)70-94-100(89,90)96-74-77(98-81(86)68-64-60-56-52-48-44-40-36-32-28-24-20-16-12-8-4)72-92-79(84)66-62-58-54-50-46-42-38-34-30-26-22-18-14-10-6-2/h21,25,28,32-40,75-77,82H,5-20,22-24,26-27,29-31,41-74H2,1-4H3,(H,87,88)(H,89,90)/b25-21-,32-28-,37-33-,38-34-,39-35-,40-36-/t75-,76+,77+/m0/s1. The Morgan fingerprint density at radius 2 is 0.520 bits per heavy atom. The van der Waals surface area contributed by atoms with Crippen molar-refractivity contribution >= 4 is 39.5 Å². The van der Waals surface area contributed by atoms with Crippen molar-refractivity contribution in [3.63, 3.8) is 0 Å². The van der Waals surface area contributed by atoms with Gasteiger partial charge in [-0.15, -0.1) is 0 Å². The zero-order valence-electron chi connectivity index (χ0n) is 63.6. The molecule has 3 N–H and O–H groups in total. The van der Waals surface area contributed by atoms with E-state index in [4.69, 9.17) is 37.0 Å². The van der Waals surface area contributed by atoms with Gasteiger partial charge in [0.2, 0.25) is 0 Å². The molecule has 19 heteroatoms. The third kappa shape index (κ3) is 72.8. The average Bonchev–Trinajstić information content (AvgIpc) is 1.01. The van der Waals surface area contributed by atoms with Crippen LogP contribution in [0.4, 0.5) is 0 Å². The van der Waals surface area contributed by atoms with Crippen LogP contribution in [-0.2, 0) is 65.4 Å². The normalized spacial score (nSPS) is 14.3. The second-order valence-corrected chi connectivity index (χ2v) is 29.9. The van der Waals surface area contributed by atoms with Crippen LogP contribution in [0.5, 0.6) is 0 Å². The highest BCUT2D eigenvalue weighted by Gasteiger charge is 2.30. The Kier molecular flexibility index (Phi) is 71.2. The van der Waals surface area contributed by atoms with E-state index in [9.17, 15) is 43.2 Å². The van der Waals surface area contributed by atoms with E-state index in [1.165, 1.54) is 122 Å². The van der Waals surface area contributed by atoms with E-state index in [0.29, 0.717) is 25.7 Å². The summed E-state index contributed by atoms with van der Waals surface area (Å²) in [4.78, 5) is 73.0. The minimum Gasteiger partial charge on any atom is -0.462 e. The Balaban J connectivity index is 5.37. The van der Waals surface area contributed by atoms with E-state index in [1.807, 2.05) is 0 Å². The Morgan fingerprint density at radius 3 is 0.840 bits per heavy atom. The van der Waals surface area contributed by atoms with Crippen molar-refractivity contribution in [2.24, 2.45) is 0 Å². The van der Waals surface area contributed by atoms with Gasteiger partial charge < -0.3 is 33.8 Å². The highest BCUT2D eigenvalue weighted by molar-refractivity contribution is 7.47. The largest absolute Gasteiger partial charge is 0.472 e. The van der Waals surface area contributed by atoms with Crippen LogP contribution in [0, 0.1) is 0 Å². The number of ether oxygens (including phenoxy) is 4. The summed E-state index contributed by atoms with van der Waals surface area (Å²) >= 11 is 0. The van der Waals surface area contributed by atoms with E-state index in [-0.39, 0.29) is 25.7 Å². The van der Waals surface area contributed by atoms with Crippen molar-refractivity contribution in [3.8, 4) is 0 Å². The molecule has 0 rings (SSSR count). The van der Waals surface area contributed by atoms with Crippen molar-refractivity contribution in [2.75, 3.05) is 39.6 Å². The van der Waals surface area contributed by atoms with E-state index in [1.54, 1.807) is 0 Å². The molecule has 0 fully saturated rings. The number of carbonyl (C=O) groups excluding carboxylic acids is 4. The predicted octanol–water partition coefficient (Wildman–Crippen LogP) is 23.2. The van der Waals surface area contributed by atoms with Gasteiger partial charge in [0.1, 0.15) is 19.3 Å². The fourth-order valence-electron chi connectivity index (χ4n) is 10.9. The maximum atomic E-state index is 13.1. The summed E-state index contributed by atoms with van der Waals surface area (Å²) in [5, 5.41) is 10.6. The maximum absolute atomic E-state index is 13.1. The van der Waals surface area contributed by atoms with Crippen molar-refractivity contribution in [1.82, 2.24) is 0 Å². The number of carbonyl (C=O) groups is 4. The lowest BCUT2D eigenvalue weighted by Crippen LogP contribution is -2.30. The van der Waals surface area contributed by atoms with E-state index < -0.39 is 97.5 Å². The predicted molar refractivity (Wildman–Crippen MR) is 409 cm³/mol. The molecule has 0 aliphatic heterocycles. The fraction of sp³-hybridized carbons (Fsp3) is 0.802. The first kappa shape index (κ1) is 96.5. The molecule has 582 valence electrons.